The van der Waals surface area contributed by atoms with Gasteiger partial charge in [-0.2, -0.15) is 16.4 Å². The van der Waals surface area contributed by atoms with Gasteiger partial charge in [-0.05, 0) is 34.5 Å². The summed E-state index contributed by atoms with van der Waals surface area (Å²) in [6.45, 7) is -0.167. The Bertz CT molecular complexity index is 740. The van der Waals surface area contributed by atoms with Gasteiger partial charge in [0.15, 0.2) is 0 Å². The average molecular weight is 314 g/mol. The van der Waals surface area contributed by atoms with Crippen molar-refractivity contribution in [3.8, 4) is 11.4 Å². The van der Waals surface area contributed by atoms with E-state index in [2.05, 4.69) is 20.5 Å². The summed E-state index contributed by atoms with van der Waals surface area (Å²) in [6, 6.07) is 6.88. The second kappa shape index (κ2) is 6.50. The summed E-state index contributed by atoms with van der Waals surface area (Å²) in [7, 11) is 0. The van der Waals surface area contributed by atoms with Crippen molar-refractivity contribution >= 4 is 17.2 Å². The number of H-pyrrole nitrogens is 1. The van der Waals surface area contributed by atoms with Crippen LogP contribution in [0.4, 0.5) is 0 Å². The molecule has 3 rings (SSSR count). The number of aliphatic hydroxyl groups is 1. The molecule has 1 amide bonds. The maximum Gasteiger partial charge on any atom is 0.255 e. The second-order valence-electron chi connectivity index (χ2n) is 4.64. The van der Waals surface area contributed by atoms with Crippen molar-refractivity contribution < 1.29 is 9.90 Å². The normalized spacial score (nSPS) is 12.0. The number of nitrogens with zero attached hydrogens (tertiary/aromatic N) is 2. The molecule has 0 spiro atoms. The molecule has 0 saturated heterocycles. The van der Waals surface area contributed by atoms with Crippen LogP contribution in [0.2, 0.25) is 0 Å². The molecule has 0 radical (unpaired) electrons. The van der Waals surface area contributed by atoms with Crippen LogP contribution in [0.15, 0.2) is 47.4 Å². The Morgan fingerprint density at radius 3 is 3.00 bits per heavy atom. The third-order valence-corrected chi connectivity index (χ3v) is 3.94. The first-order valence-electron chi connectivity index (χ1n) is 6.68. The first-order valence-corrected chi connectivity index (χ1v) is 7.62. The Balaban J connectivity index is 1.83. The van der Waals surface area contributed by atoms with Crippen LogP contribution in [-0.4, -0.2) is 32.8 Å². The molecule has 22 heavy (non-hydrogen) atoms. The predicted octanol–water partition coefficient (Wildman–Crippen LogP) is 2.00. The minimum Gasteiger partial charge on any atom is -0.394 e. The monoisotopic (exact) mass is 314 g/mol. The molecule has 3 aromatic rings. The van der Waals surface area contributed by atoms with E-state index >= 15 is 0 Å². The smallest absolute Gasteiger partial charge is 0.255 e. The molecule has 0 aliphatic carbocycles. The number of carbonyl (C=O) groups excluding carboxylic acids is 1. The van der Waals surface area contributed by atoms with Gasteiger partial charge in [0, 0.05) is 6.20 Å². The number of aliphatic hydroxyl groups excluding tert-OH is 1. The summed E-state index contributed by atoms with van der Waals surface area (Å²) in [5.74, 6) is -0.306. The van der Waals surface area contributed by atoms with Crippen molar-refractivity contribution in [2.45, 2.75) is 6.04 Å². The molecule has 0 fully saturated rings. The van der Waals surface area contributed by atoms with Crippen LogP contribution < -0.4 is 5.32 Å². The molecular weight excluding hydrogens is 300 g/mol. The molecule has 1 atom stereocenters. The molecule has 3 N–H and O–H groups in total. The minimum absolute atomic E-state index is 0.167. The van der Waals surface area contributed by atoms with Gasteiger partial charge in [-0.1, -0.05) is 6.07 Å². The lowest BCUT2D eigenvalue weighted by Gasteiger charge is -2.15. The summed E-state index contributed by atoms with van der Waals surface area (Å²) in [4.78, 5) is 16.7. The number of thiophene rings is 1. The number of carbonyl (C=O) groups is 1. The Morgan fingerprint density at radius 1 is 1.41 bits per heavy atom. The highest BCUT2D eigenvalue weighted by molar-refractivity contribution is 7.07. The molecule has 0 aliphatic rings. The van der Waals surface area contributed by atoms with Gasteiger partial charge in [0.1, 0.15) is 0 Å². The topological polar surface area (TPSA) is 90.9 Å². The van der Waals surface area contributed by atoms with Gasteiger partial charge in [0.2, 0.25) is 0 Å². The van der Waals surface area contributed by atoms with Crippen molar-refractivity contribution in [3.05, 3.63) is 58.5 Å². The number of amides is 1. The zero-order valence-corrected chi connectivity index (χ0v) is 12.4. The van der Waals surface area contributed by atoms with E-state index in [0.29, 0.717) is 17.0 Å². The van der Waals surface area contributed by atoms with Crippen LogP contribution >= 0.6 is 11.3 Å². The van der Waals surface area contributed by atoms with Crippen LogP contribution in [0.1, 0.15) is 22.0 Å². The van der Waals surface area contributed by atoms with Crippen LogP contribution in [0.5, 0.6) is 0 Å². The quantitative estimate of drug-likeness (QED) is 0.672. The van der Waals surface area contributed by atoms with E-state index < -0.39 is 6.04 Å². The summed E-state index contributed by atoms with van der Waals surface area (Å²) in [6.07, 6.45) is 3.11. The van der Waals surface area contributed by atoms with Crippen molar-refractivity contribution in [2.75, 3.05) is 6.61 Å². The lowest BCUT2D eigenvalue weighted by atomic mass is 10.1. The van der Waals surface area contributed by atoms with Gasteiger partial charge in [0.25, 0.3) is 5.91 Å². The van der Waals surface area contributed by atoms with Crippen LogP contribution in [0, 0.1) is 0 Å². The molecule has 6 nitrogen and oxygen atoms in total. The van der Waals surface area contributed by atoms with E-state index in [9.17, 15) is 9.90 Å². The molecule has 7 heteroatoms. The van der Waals surface area contributed by atoms with Gasteiger partial charge in [0.05, 0.1) is 35.8 Å². The van der Waals surface area contributed by atoms with E-state index in [4.69, 9.17) is 0 Å². The lowest BCUT2D eigenvalue weighted by molar-refractivity contribution is 0.0917. The number of nitrogens with one attached hydrogen (secondary N) is 2. The van der Waals surface area contributed by atoms with Gasteiger partial charge >= 0.3 is 0 Å². The number of hydrogen-bond acceptors (Lipinski definition) is 5. The fourth-order valence-corrected chi connectivity index (χ4v) is 2.82. The highest BCUT2D eigenvalue weighted by atomic mass is 32.1. The largest absolute Gasteiger partial charge is 0.394 e. The standard InChI is InChI=1S/C15H14N4O2S/c20-8-13(10-4-6-22-9-10)18-15(21)11-7-17-19-14(11)12-3-1-2-5-16-12/h1-7,9,13,20H,8H2,(H,17,19)(H,18,21). The van der Waals surface area contributed by atoms with Crippen molar-refractivity contribution in [1.82, 2.24) is 20.5 Å². The maximum absolute atomic E-state index is 12.5. The summed E-state index contributed by atoms with van der Waals surface area (Å²) in [5.41, 5.74) is 2.47. The summed E-state index contributed by atoms with van der Waals surface area (Å²) < 4.78 is 0. The van der Waals surface area contributed by atoms with Gasteiger partial charge in [-0.25, -0.2) is 0 Å². The molecule has 0 aliphatic heterocycles. The van der Waals surface area contributed by atoms with Crippen LogP contribution in [0.25, 0.3) is 11.4 Å². The maximum atomic E-state index is 12.5. The van der Waals surface area contributed by atoms with Gasteiger partial charge in [-0.15, -0.1) is 0 Å². The zero-order valence-electron chi connectivity index (χ0n) is 11.6. The lowest BCUT2D eigenvalue weighted by Crippen LogP contribution is -2.30. The molecule has 0 bridgehead atoms. The van der Waals surface area contributed by atoms with Crippen molar-refractivity contribution in [1.29, 1.82) is 0 Å². The van der Waals surface area contributed by atoms with Crippen LogP contribution in [-0.2, 0) is 0 Å². The highest BCUT2D eigenvalue weighted by Crippen LogP contribution is 2.20. The second-order valence-corrected chi connectivity index (χ2v) is 5.42. The Hall–Kier alpha value is -2.51. The third kappa shape index (κ3) is 2.90. The number of pyridine rings is 1. The Morgan fingerprint density at radius 2 is 2.32 bits per heavy atom. The van der Waals surface area contributed by atoms with E-state index in [1.54, 1.807) is 18.3 Å². The number of hydrogen-bond donors (Lipinski definition) is 3. The molecule has 0 saturated carbocycles. The molecule has 3 heterocycles. The number of aromatic nitrogens is 3. The van der Waals surface area contributed by atoms with E-state index in [0.717, 1.165) is 5.56 Å². The van der Waals surface area contributed by atoms with Gasteiger partial charge in [-0.3, -0.25) is 14.9 Å². The zero-order chi connectivity index (χ0) is 15.4. The fourth-order valence-electron chi connectivity index (χ4n) is 2.11. The number of aromatic amines is 1. The average Bonchev–Trinajstić information content (AvgIpc) is 3.24. The van der Waals surface area contributed by atoms with Gasteiger partial charge < -0.3 is 10.4 Å². The Labute approximate surface area is 130 Å². The van der Waals surface area contributed by atoms with E-state index in [1.807, 2.05) is 22.9 Å². The van der Waals surface area contributed by atoms with Crippen molar-refractivity contribution in [3.63, 3.8) is 0 Å². The number of rotatable bonds is 5. The van der Waals surface area contributed by atoms with Crippen LogP contribution in [0.3, 0.4) is 0 Å². The molecule has 1 unspecified atom stereocenters. The fraction of sp³-hybridized carbons (Fsp3) is 0.133. The first-order chi connectivity index (χ1) is 10.8. The predicted molar refractivity (Wildman–Crippen MR) is 83.4 cm³/mol. The van der Waals surface area contributed by atoms with E-state index in [-0.39, 0.29) is 12.5 Å². The summed E-state index contributed by atoms with van der Waals surface area (Å²) >= 11 is 1.52. The third-order valence-electron chi connectivity index (χ3n) is 3.24. The minimum atomic E-state index is -0.440. The molecule has 3 aromatic heterocycles. The summed E-state index contributed by atoms with van der Waals surface area (Å²) in [5, 5.41) is 22.8. The highest BCUT2D eigenvalue weighted by Gasteiger charge is 2.20. The molecule has 112 valence electrons. The molecular formula is C15H14N4O2S. The van der Waals surface area contributed by atoms with Crippen molar-refractivity contribution in [2.24, 2.45) is 0 Å². The van der Waals surface area contributed by atoms with E-state index in [1.165, 1.54) is 17.5 Å². The SMILES string of the molecule is O=C(NC(CO)c1ccsc1)c1cn[nH]c1-c1ccccn1. The molecule has 0 aromatic carbocycles. The first kappa shape index (κ1) is 14.4. The Kier molecular flexibility index (Phi) is 4.27.